The van der Waals surface area contributed by atoms with E-state index in [0.717, 1.165) is 18.5 Å². The van der Waals surface area contributed by atoms with Crippen LogP contribution >= 0.6 is 0 Å². The number of carbonyl (C=O) groups is 1. The van der Waals surface area contributed by atoms with Crippen LogP contribution in [-0.4, -0.2) is 34.1 Å². The van der Waals surface area contributed by atoms with Crippen molar-refractivity contribution in [2.45, 2.75) is 78.6 Å². The molecule has 1 unspecified atom stereocenters. The van der Waals surface area contributed by atoms with Crippen molar-refractivity contribution in [3.63, 3.8) is 0 Å². The second-order valence-corrected chi connectivity index (χ2v) is 7.85. The minimum atomic E-state index is -0.475. The van der Waals surface area contributed by atoms with E-state index in [1.54, 1.807) is 0 Å². The molecule has 6 heteroatoms. The summed E-state index contributed by atoms with van der Waals surface area (Å²) in [5.41, 5.74) is 0.645. The van der Waals surface area contributed by atoms with Crippen molar-refractivity contribution in [2.75, 3.05) is 6.54 Å². The molecule has 1 amide bonds. The molecule has 23 heavy (non-hydrogen) atoms. The Morgan fingerprint density at radius 1 is 1.30 bits per heavy atom. The molecule has 0 aliphatic rings. The second-order valence-electron chi connectivity index (χ2n) is 7.85. The maximum atomic E-state index is 11.8. The van der Waals surface area contributed by atoms with Crippen molar-refractivity contribution < 1.29 is 9.53 Å². The zero-order valence-electron chi connectivity index (χ0n) is 15.6. The fraction of sp³-hybridized carbons (Fsp3) is 0.765. The normalized spacial score (nSPS) is 13.7. The van der Waals surface area contributed by atoms with Crippen molar-refractivity contribution in [3.05, 3.63) is 18.0 Å². The van der Waals surface area contributed by atoms with E-state index >= 15 is 0 Å². The van der Waals surface area contributed by atoms with Crippen LogP contribution in [0.25, 0.3) is 0 Å². The van der Waals surface area contributed by atoms with Gasteiger partial charge in [0.05, 0.1) is 11.7 Å². The van der Waals surface area contributed by atoms with E-state index < -0.39 is 5.60 Å². The number of nitrogens with one attached hydrogen (secondary N) is 2. The topological polar surface area (TPSA) is 68.2 Å². The van der Waals surface area contributed by atoms with E-state index in [4.69, 9.17) is 4.74 Å². The van der Waals surface area contributed by atoms with Gasteiger partial charge in [0.1, 0.15) is 5.60 Å². The molecular formula is C17H32N4O2. The molecule has 2 N–H and O–H groups in total. The lowest BCUT2D eigenvalue weighted by Gasteiger charge is -2.23. The summed E-state index contributed by atoms with van der Waals surface area (Å²) in [5.74, 6) is 0. The van der Waals surface area contributed by atoms with Crippen LogP contribution in [0.4, 0.5) is 4.79 Å². The van der Waals surface area contributed by atoms with Crippen LogP contribution in [0.15, 0.2) is 12.4 Å². The number of aromatic nitrogens is 2. The molecular weight excluding hydrogens is 292 g/mol. The van der Waals surface area contributed by atoms with E-state index in [1.807, 2.05) is 38.6 Å². The lowest BCUT2D eigenvalue weighted by atomic mass is 10.1. The Balaban J connectivity index is 2.40. The van der Waals surface area contributed by atoms with Gasteiger partial charge in [0.2, 0.25) is 0 Å². The van der Waals surface area contributed by atoms with Gasteiger partial charge in [-0.25, -0.2) is 4.79 Å². The highest BCUT2D eigenvalue weighted by Crippen LogP contribution is 2.13. The SMILES string of the molecule is CCC(CNCc1cnn(C(C)(C)C)c1)NC(=O)OC(C)(C)C. The lowest BCUT2D eigenvalue weighted by molar-refractivity contribution is 0.0502. The highest BCUT2D eigenvalue weighted by molar-refractivity contribution is 5.68. The quantitative estimate of drug-likeness (QED) is 0.844. The molecule has 132 valence electrons. The maximum absolute atomic E-state index is 11.8. The smallest absolute Gasteiger partial charge is 0.407 e. The number of hydrogen-bond donors (Lipinski definition) is 2. The van der Waals surface area contributed by atoms with Crippen molar-refractivity contribution in [3.8, 4) is 0 Å². The molecule has 0 spiro atoms. The molecule has 0 saturated heterocycles. The summed E-state index contributed by atoms with van der Waals surface area (Å²) in [7, 11) is 0. The first-order valence-electron chi connectivity index (χ1n) is 8.25. The molecule has 6 nitrogen and oxygen atoms in total. The summed E-state index contributed by atoms with van der Waals surface area (Å²) in [5, 5.41) is 10.6. The Bertz CT molecular complexity index is 497. The number of alkyl carbamates (subject to hydrolysis) is 1. The van der Waals surface area contributed by atoms with Crippen molar-refractivity contribution in [2.24, 2.45) is 0 Å². The fourth-order valence-corrected chi connectivity index (χ4v) is 1.98. The van der Waals surface area contributed by atoms with Crippen LogP contribution in [-0.2, 0) is 16.8 Å². The van der Waals surface area contributed by atoms with Gasteiger partial charge in [-0.3, -0.25) is 4.68 Å². The van der Waals surface area contributed by atoms with Gasteiger partial charge in [0.25, 0.3) is 0 Å². The Morgan fingerprint density at radius 2 is 1.96 bits per heavy atom. The molecule has 0 bridgehead atoms. The minimum Gasteiger partial charge on any atom is -0.444 e. The third-order valence-electron chi connectivity index (χ3n) is 3.26. The summed E-state index contributed by atoms with van der Waals surface area (Å²) in [6.07, 6.45) is 4.40. The molecule has 0 aliphatic heterocycles. The zero-order chi connectivity index (χ0) is 17.7. The summed E-state index contributed by atoms with van der Waals surface area (Å²) in [6, 6.07) is 0.0440. The molecule has 1 rings (SSSR count). The van der Waals surface area contributed by atoms with Gasteiger partial charge < -0.3 is 15.4 Å². The van der Waals surface area contributed by atoms with Gasteiger partial charge in [-0.2, -0.15) is 5.10 Å². The van der Waals surface area contributed by atoms with Gasteiger partial charge in [-0.05, 0) is 48.0 Å². The summed E-state index contributed by atoms with van der Waals surface area (Å²) in [4.78, 5) is 11.8. The van der Waals surface area contributed by atoms with Crippen molar-refractivity contribution in [1.82, 2.24) is 20.4 Å². The molecule has 0 aromatic carbocycles. The van der Waals surface area contributed by atoms with E-state index in [9.17, 15) is 4.79 Å². The first-order chi connectivity index (χ1) is 10.5. The van der Waals surface area contributed by atoms with Crippen molar-refractivity contribution in [1.29, 1.82) is 0 Å². The minimum absolute atomic E-state index is 0.0114. The van der Waals surface area contributed by atoms with E-state index in [-0.39, 0.29) is 17.7 Å². The first kappa shape index (κ1) is 19.5. The van der Waals surface area contributed by atoms with E-state index in [1.165, 1.54) is 0 Å². The fourth-order valence-electron chi connectivity index (χ4n) is 1.98. The molecule has 0 fully saturated rings. The third kappa shape index (κ3) is 7.50. The number of carbonyl (C=O) groups excluding carboxylic acids is 1. The largest absolute Gasteiger partial charge is 0.444 e. The monoisotopic (exact) mass is 324 g/mol. The molecule has 0 aliphatic carbocycles. The number of hydrogen-bond acceptors (Lipinski definition) is 4. The molecule has 1 aromatic heterocycles. The Labute approximate surface area is 140 Å². The van der Waals surface area contributed by atoms with Gasteiger partial charge in [0.15, 0.2) is 0 Å². The Kier molecular flexibility index (Phi) is 6.62. The highest BCUT2D eigenvalue weighted by Gasteiger charge is 2.18. The molecule has 1 aromatic rings. The first-order valence-corrected chi connectivity index (χ1v) is 8.25. The zero-order valence-corrected chi connectivity index (χ0v) is 15.6. The summed E-state index contributed by atoms with van der Waals surface area (Å²) >= 11 is 0. The number of amides is 1. The van der Waals surface area contributed by atoms with Gasteiger partial charge in [-0.1, -0.05) is 6.92 Å². The summed E-state index contributed by atoms with van der Waals surface area (Å²) in [6.45, 7) is 15.4. The van der Waals surface area contributed by atoms with Gasteiger partial charge in [0, 0.05) is 30.9 Å². The molecule has 1 heterocycles. The standard InChI is InChI=1S/C17H32N4O2/c1-8-14(20-15(22)23-17(5,6)7)11-18-9-13-10-19-21(12-13)16(2,3)4/h10,12,14,18H,8-9,11H2,1-7H3,(H,20,22). The van der Waals surface area contributed by atoms with Crippen molar-refractivity contribution >= 4 is 6.09 Å². The van der Waals surface area contributed by atoms with Crippen LogP contribution in [0.5, 0.6) is 0 Å². The predicted octanol–water partition coefficient (Wildman–Crippen LogP) is 3.03. The summed E-state index contributed by atoms with van der Waals surface area (Å²) < 4.78 is 7.24. The highest BCUT2D eigenvalue weighted by atomic mass is 16.6. The number of nitrogens with zero attached hydrogens (tertiary/aromatic N) is 2. The molecule has 1 atom stereocenters. The number of rotatable bonds is 6. The van der Waals surface area contributed by atoms with Crippen LogP contribution in [0.2, 0.25) is 0 Å². The number of ether oxygens (including phenoxy) is 1. The van der Waals surface area contributed by atoms with Crippen LogP contribution in [0.1, 0.15) is 60.5 Å². The van der Waals surface area contributed by atoms with E-state index in [0.29, 0.717) is 6.54 Å². The average molecular weight is 324 g/mol. The third-order valence-corrected chi connectivity index (χ3v) is 3.26. The second kappa shape index (κ2) is 7.81. The molecule has 0 radical (unpaired) electrons. The average Bonchev–Trinajstić information content (AvgIpc) is 2.84. The van der Waals surface area contributed by atoms with Gasteiger partial charge in [-0.15, -0.1) is 0 Å². The van der Waals surface area contributed by atoms with Crippen LogP contribution < -0.4 is 10.6 Å². The van der Waals surface area contributed by atoms with Crippen LogP contribution in [0.3, 0.4) is 0 Å². The van der Waals surface area contributed by atoms with Gasteiger partial charge >= 0.3 is 6.09 Å². The molecule has 0 saturated carbocycles. The Morgan fingerprint density at radius 3 is 2.43 bits per heavy atom. The maximum Gasteiger partial charge on any atom is 0.407 e. The Hall–Kier alpha value is -1.56. The van der Waals surface area contributed by atoms with Crippen LogP contribution in [0, 0.1) is 0 Å². The van der Waals surface area contributed by atoms with E-state index in [2.05, 4.69) is 42.7 Å². The predicted molar refractivity (Wildman–Crippen MR) is 92.4 cm³/mol. The lowest BCUT2D eigenvalue weighted by Crippen LogP contribution is -2.43.